The molecule has 6 heteroatoms. The summed E-state index contributed by atoms with van der Waals surface area (Å²) in [5.41, 5.74) is 6.36. The van der Waals surface area contributed by atoms with Crippen molar-refractivity contribution in [3.8, 4) is 0 Å². The van der Waals surface area contributed by atoms with Gasteiger partial charge in [-0.3, -0.25) is 4.21 Å². The van der Waals surface area contributed by atoms with Crippen molar-refractivity contribution in [3.63, 3.8) is 0 Å². The van der Waals surface area contributed by atoms with Gasteiger partial charge in [0.1, 0.15) is 5.82 Å². The molecule has 0 aliphatic rings. The van der Waals surface area contributed by atoms with Crippen LogP contribution in [0.2, 0.25) is 10.0 Å². The van der Waals surface area contributed by atoms with Crippen LogP contribution in [0.1, 0.15) is 5.56 Å². The van der Waals surface area contributed by atoms with E-state index in [9.17, 15) is 8.60 Å². The molecule has 2 aromatic carbocycles. The molecule has 0 aromatic heterocycles. The van der Waals surface area contributed by atoms with E-state index in [1.165, 1.54) is 12.1 Å². The molecule has 0 saturated heterocycles. The maximum Gasteiger partial charge on any atom is 0.145 e. The van der Waals surface area contributed by atoms with E-state index in [1.54, 1.807) is 24.3 Å². The molecular weight excluding hydrogens is 308 g/mol. The average Bonchev–Trinajstić information content (AvgIpc) is 2.38. The number of hydrogen-bond acceptors (Lipinski definition) is 2. The van der Waals surface area contributed by atoms with Crippen molar-refractivity contribution >= 4 is 39.7 Å². The molecular formula is C13H10Cl2FNOS. The van der Waals surface area contributed by atoms with E-state index < -0.39 is 16.6 Å². The lowest BCUT2D eigenvalue weighted by Gasteiger charge is -2.07. The fraction of sp³-hybridized carbons (Fsp3) is 0.0769. The number of rotatable bonds is 3. The van der Waals surface area contributed by atoms with E-state index in [-0.39, 0.29) is 16.3 Å². The largest absolute Gasteiger partial charge is 0.399 e. The van der Waals surface area contributed by atoms with Gasteiger partial charge in [0.05, 0.1) is 31.5 Å². The Labute approximate surface area is 122 Å². The van der Waals surface area contributed by atoms with Crippen molar-refractivity contribution in [1.29, 1.82) is 0 Å². The Morgan fingerprint density at radius 2 is 1.89 bits per heavy atom. The van der Waals surface area contributed by atoms with Gasteiger partial charge >= 0.3 is 0 Å². The maximum absolute atomic E-state index is 13.7. The molecule has 19 heavy (non-hydrogen) atoms. The van der Waals surface area contributed by atoms with Gasteiger partial charge in [-0.25, -0.2) is 4.39 Å². The second-order valence-corrected chi connectivity index (χ2v) is 6.13. The van der Waals surface area contributed by atoms with Gasteiger partial charge in [-0.15, -0.1) is 0 Å². The second kappa shape index (κ2) is 5.90. The lowest BCUT2D eigenvalue weighted by Crippen LogP contribution is -2.01. The Hall–Kier alpha value is -1.10. The van der Waals surface area contributed by atoms with Crippen molar-refractivity contribution in [2.75, 3.05) is 5.73 Å². The number of nitrogens with two attached hydrogens (primary N) is 1. The molecule has 0 aliphatic heterocycles. The van der Waals surface area contributed by atoms with Gasteiger partial charge in [-0.05, 0) is 24.3 Å². The van der Waals surface area contributed by atoms with Crippen molar-refractivity contribution in [1.82, 2.24) is 0 Å². The average molecular weight is 318 g/mol. The Bertz CT molecular complexity index is 649. The van der Waals surface area contributed by atoms with Gasteiger partial charge < -0.3 is 5.73 Å². The minimum absolute atomic E-state index is 0.00440. The summed E-state index contributed by atoms with van der Waals surface area (Å²) < 4.78 is 25.9. The number of anilines is 1. The SMILES string of the molecule is Nc1ccc(Cl)c(S(=O)Cc2cccc(Cl)c2F)c1. The smallest absolute Gasteiger partial charge is 0.145 e. The van der Waals surface area contributed by atoms with E-state index >= 15 is 0 Å². The summed E-state index contributed by atoms with van der Waals surface area (Å²) in [6.45, 7) is 0. The normalized spacial score (nSPS) is 12.4. The first-order valence-electron chi connectivity index (χ1n) is 5.35. The highest BCUT2D eigenvalue weighted by molar-refractivity contribution is 7.84. The maximum atomic E-state index is 13.7. The Morgan fingerprint density at radius 3 is 2.63 bits per heavy atom. The third-order valence-corrected chi connectivity index (χ3v) is 4.65. The minimum atomic E-state index is -1.49. The van der Waals surface area contributed by atoms with E-state index in [2.05, 4.69) is 0 Å². The quantitative estimate of drug-likeness (QED) is 0.869. The number of hydrogen-bond donors (Lipinski definition) is 1. The topological polar surface area (TPSA) is 43.1 Å². The van der Waals surface area contributed by atoms with Gasteiger partial charge in [0.25, 0.3) is 0 Å². The van der Waals surface area contributed by atoms with Crippen LogP contribution in [0.4, 0.5) is 10.1 Å². The molecule has 0 radical (unpaired) electrons. The summed E-state index contributed by atoms with van der Waals surface area (Å²) in [4.78, 5) is 0.390. The zero-order valence-corrected chi connectivity index (χ0v) is 12.0. The zero-order valence-electron chi connectivity index (χ0n) is 9.70. The Balaban J connectivity index is 2.31. The molecule has 0 bridgehead atoms. The number of nitrogen functional groups attached to an aromatic ring is 1. The van der Waals surface area contributed by atoms with Gasteiger partial charge in [-0.1, -0.05) is 35.3 Å². The summed E-state index contributed by atoms with van der Waals surface area (Å²) in [6.07, 6.45) is 0. The molecule has 2 nitrogen and oxygen atoms in total. The van der Waals surface area contributed by atoms with Gasteiger partial charge in [0.2, 0.25) is 0 Å². The highest BCUT2D eigenvalue weighted by Gasteiger charge is 2.14. The molecule has 0 spiro atoms. The minimum Gasteiger partial charge on any atom is -0.399 e. The van der Waals surface area contributed by atoms with E-state index in [0.29, 0.717) is 15.6 Å². The predicted molar refractivity (Wildman–Crippen MR) is 77.4 cm³/mol. The Kier molecular flexibility index (Phi) is 4.45. The molecule has 1 unspecified atom stereocenters. The van der Waals surface area contributed by atoms with Crippen molar-refractivity contribution in [2.45, 2.75) is 10.6 Å². The van der Waals surface area contributed by atoms with Crippen LogP contribution in [0.5, 0.6) is 0 Å². The molecule has 0 fully saturated rings. The lowest BCUT2D eigenvalue weighted by atomic mass is 10.2. The molecule has 0 aliphatic carbocycles. The van der Waals surface area contributed by atoms with Gasteiger partial charge in [0, 0.05) is 11.3 Å². The third kappa shape index (κ3) is 3.26. The van der Waals surface area contributed by atoms with Crippen LogP contribution >= 0.6 is 23.2 Å². The summed E-state index contributed by atoms with van der Waals surface area (Å²) >= 11 is 11.6. The molecule has 1 atom stereocenters. The van der Waals surface area contributed by atoms with Crippen molar-refractivity contribution in [2.24, 2.45) is 0 Å². The molecule has 2 rings (SSSR count). The fourth-order valence-electron chi connectivity index (χ4n) is 1.57. The van der Waals surface area contributed by atoms with Crippen molar-refractivity contribution in [3.05, 3.63) is 57.8 Å². The number of benzene rings is 2. The summed E-state index contributed by atoms with van der Waals surface area (Å²) in [5.74, 6) is -0.562. The molecule has 2 N–H and O–H groups in total. The van der Waals surface area contributed by atoms with Crippen LogP contribution < -0.4 is 5.73 Å². The third-order valence-electron chi connectivity index (χ3n) is 2.52. The first kappa shape index (κ1) is 14.3. The summed E-state index contributed by atoms with van der Waals surface area (Å²) in [5, 5.41) is 0.350. The van der Waals surface area contributed by atoms with Crippen LogP contribution in [0, 0.1) is 5.82 Å². The molecule has 100 valence electrons. The van der Waals surface area contributed by atoms with E-state index in [4.69, 9.17) is 28.9 Å². The highest BCUT2D eigenvalue weighted by atomic mass is 35.5. The van der Waals surface area contributed by atoms with Crippen LogP contribution in [0.25, 0.3) is 0 Å². The molecule has 2 aromatic rings. The zero-order chi connectivity index (χ0) is 14.0. The molecule has 0 amide bonds. The van der Waals surface area contributed by atoms with Crippen LogP contribution in [-0.2, 0) is 16.6 Å². The summed E-state index contributed by atoms with van der Waals surface area (Å²) in [7, 11) is -1.49. The summed E-state index contributed by atoms with van der Waals surface area (Å²) in [6, 6.07) is 9.30. The van der Waals surface area contributed by atoms with Gasteiger partial charge in [0.15, 0.2) is 0 Å². The van der Waals surface area contributed by atoms with E-state index in [1.807, 2.05) is 0 Å². The Morgan fingerprint density at radius 1 is 1.16 bits per heavy atom. The van der Waals surface area contributed by atoms with Crippen LogP contribution in [0.15, 0.2) is 41.3 Å². The monoisotopic (exact) mass is 317 g/mol. The second-order valence-electron chi connectivity index (χ2n) is 3.89. The fourth-order valence-corrected chi connectivity index (χ4v) is 3.36. The predicted octanol–water partition coefficient (Wildman–Crippen LogP) is 4.02. The molecule has 0 heterocycles. The highest BCUT2D eigenvalue weighted by Crippen LogP contribution is 2.26. The number of halogens is 3. The van der Waals surface area contributed by atoms with E-state index in [0.717, 1.165) is 0 Å². The van der Waals surface area contributed by atoms with Gasteiger partial charge in [-0.2, -0.15) is 0 Å². The van der Waals surface area contributed by atoms with Crippen LogP contribution in [0.3, 0.4) is 0 Å². The first-order valence-corrected chi connectivity index (χ1v) is 7.43. The molecule has 0 saturated carbocycles. The van der Waals surface area contributed by atoms with Crippen LogP contribution in [-0.4, -0.2) is 4.21 Å². The van der Waals surface area contributed by atoms with Crippen molar-refractivity contribution < 1.29 is 8.60 Å². The standard InChI is InChI=1S/C13H10Cl2FNOS/c14-10-5-4-9(17)6-12(10)19(18)7-8-2-1-3-11(15)13(8)16/h1-6H,7,17H2. The first-order chi connectivity index (χ1) is 8.99. The lowest BCUT2D eigenvalue weighted by molar-refractivity contribution is 0.615.